The Morgan fingerprint density at radius 2 is 1.94 bits per heavy atom. The summed E-state index contributed by atoms with van der Waals surface area (Å²) in [7, 11) is 0. The van der Waals surface area contributed by atoms with E-state index in [9.17, 15) is 13.2 Å². The lowest BCUT2D eigenvalue weighted by Gasteiger charge is -2.28. The summed E-state index contributed by atoms with van der Waals surface area (Å²) in [6, 6.07) is 3.23. The van der Waals surface area contributed by atoms with Crippen LogP contribution in [0.2, 0.25) is 5.02 Å². The number of rotatable bonds is 2. The second-order valence-corrected chi connectivity index (χ2v) is 4.01. The minimum atomic E-state index is -4.40. The van der Waals surface area contributed by atoms with Crippen LogP contribution in [-0.4, -0.2) is 19.2 Å². The van der Waals surface area contributed by atoms with Crippen molar-refractivity contribution in [2.24, 2.45) is 0 Å². The van der Waals surface area contributed by atoms with Crippen LogP contribution in [0.5, 0.6) is 5.75 Å². The van der Waals surface area contributed by atoms with Crippen molar-refractivity contribution >= 4 is 11.6 Å². The van der Waals surface area contributed by atoms with E-state index >= 15 is 0 Å². The molecule has 1 heterocycles. The van der Waals surface area contributed by atoms with E-state index in [1.54, 1.807) is 0 Å². The number of nitrogens with one attached hydrogen (secondary N) is 1. The van der Waals surface area contributed by atoms with Crippen molar-refractivity contribution in [1.29, 1.82) is 0 Å². The van der Waals surface area contributed by atoms with Crippen LogP contribution in [0.4, 0.5) is 13.2 Å². The molecule has 0 amide bonds. The Labute approximate surface area is 95.3 Å². The molecule has 0 atom stereocenters. The van der Waals surface area contributed by atoms with Gasteiger partial charge in [0.1, 0.15) is 11.9 Å². The summed E-state index contributed by atoms with van der Waals surface area (Å²) >= 11 is 5.61. The monoisotopic (exact) mass is 251 g/mol. The van der Waals surface area contributed by atoms with Crippen molar-refractivity contribution in [3.8, 4) is 5.75 Å². The number of hydrogen-bond acceptors (Lipinski definition) is 2. The topological polar surface area (TPSA) is 21.3 Å². The smallest absolute Gasteiger partial charge is 0.416 e. The van der Waals surface area contributed by atoms with Crippen LogP contribution in [0.3, 0.4) is 0 Å². The summed E-state index contributed by atoms with van der Waals surface area (Å²) < 4.78 is 42.7. The Hall–Kier alpha value is -0.940. The number of alkyl halides is 3. The molecule has 0 radical (unpaired) electrons. The normalized spacial score (nSPS) is 17.0. The minimum Gasteiger partial charge on any atom is -0.488 e. The van der Waals surface area contributed by atoms with Gasteiger partial charge in [-0.3, -0.25) is 0 Å². The van der Waals surface area contributed by atoms with Gasteiger partial charge in [0.15, 0.2) is 0 Å². The molecule has 1 aliphatic rings. The second kappa shape index (κ2) is 4.14. The summed E-state index contributed by atoms with van der Waals surface area (Å²) in [5.74, 6) is 0.159. The molecule has 6 heteroatoms. The fraction of sp³-hybridized carbons (Fsp3) is 0.400. The average molecular weight is 252 g/mol. The van der Waals surface area contributed by atoms with Gasteiger partial charge in [-0.2, -0.15) is 13.2 Å². The maximum atomic E-state index is 12.5. The van der Waals surface area contributed by atoms with Crippen LogP contribution >= 0.6 is 11.6 Å². The molecule has 0 bridgehead atoms. The van der Waals surface area contributed by atoms with E-state index in [1.807, 2.05) is 0 Å². The Kier molecular flexibility index (Phi) is 2.99. The molecule has 1 aromatic carbocycles. The highest BCUT2D eigenvalue weighted by Crippen LogP contribution is 2.34. The van der Waals surface area contributed by atoms with Crippen LogP contribution < -0.4 is 10.1 Å². The van der Waals surface area contributed by atoms with Crippen LogP contribution in [0.15, 0.2) is 18.2 Å². The molecular weight excluding hydrogens is 243 g/mol. The summed E-state index contributed by atoms with van der Waals surface area (Å²) in [5, 5.41) is 2.99. The Morgan fingerprint density at radius 1 is 1.25 bits per heavy atom. The van der Waals surface area contributed by atoms with E-state index in [4.69, 9.17) is 16.3 Å². The molecule has 0 aromatic heterocycles. The summed E-state index contributed by atoms with van der Waals surface area (Å²) in [5.41, 5.74) is -0.790. The van der Waals surface area contributed by atoms with Gasteiger partial charge < -0.3 is 10.1 Å². The van der Waals surface area contributed by atoms with Crippen molar-refractivity contribution in [2.75, 3.05) is 13.1 Å². The van der Waals surface area contributed by atoms with Gasteiger partial charge in [-0.15, -0.1) is 0 Å². The third-order valence-corrected chi connectivity index (χ3v) is 2.46. The van der Waals surface area contributed by atoms with Crippen LogP contribution in [0.25, 0.3) is 0 Å². The van der Waals surface area contributed by atoms with Gasteiger partial charge >= 0.3 is 6.18 Å². The lowest BCUT2D eigenvalue weighted by atomic mass is 10.2. The summed E-state index contributed by atoms with van der Waals surface area (Å²) in [6.45, 7) is 1.29. The summed E-state index contributed by atoms with van der Waals surface area (Å²) in [4.78, 5) is 0. The molecule has 2 rings (SSSR count). The number of benzene rings is 1. The third kappa shape index (κ3) is 2.59. The molecule has 88 valence electrons. The molecule has 0 spiro atoms. The van der Waals surface area contributed by atoms with Crippen LogP contribution in [0, 0.1) is 0 Å². The predicted octanol–water partition coefficient (Wildman–Crippen LogP) is 2.71. The molecule has 0 aliphatic carbocycles. The highest BCUT2D eigenvalue weighted by molar-refractivity contribution is 6.30. The second-order valence-electron chi connectivity index (χ2n) is 3.57. The zero-order valence-corrected chi connectivity index (χ0v) is 8.90. The Morgan fingerprint density at radius 3 is 2.44 bits per heavy atom. The molecule has 1 N–H and O–H groups in total. The molecule has 1 aliphatic heterocycles. The van der Waals surface area contributed by atoms with Gasteiger partial charge in [-0.05, 0) is 18.2 Å². The highest BCUT2D eigenvalue weighted by Gasteiger charge is 2.31. The van der Waals surface area contributed by atoms with Gasteiger partial charge in [0, 0.05) is 18.1 Å². The van der Waals surface area contributed by atoms with Gasteiger partial charge in [0.25, 0.3) is 0 Å². The van der Waals surface area contributed by atoms with E-state index in [-0.39, 0.29) is 16.9 Å². The van der Waals surface area contributed by atoms with Gasteiger partial charge in [-0.25, -0.2) is 0 Å². The molecule has 1 fully saturated rings. The Bertz CT molecular complexity index is 390. The molecular formula is C10H9ClF3NO. The fourth-order valence-corrected chi connectivity index (χ4v) is 1.56. The van der Waals surface area contributed by atoms with E-state index in [2.05, 4.69) is 5.32 Å². The van der Waals surface area contributed by atoms with Crippen LogP contribution in [0.1, 0.15) is 5.56 Å². The summed E-state index contributed by atoms with van der Waals surface area (Å²) in [6.07, 6.45) is -4.47. The number of halogens is 4. The molecule has 1 saturated heterocycles. The first kappa shape index (κ1) is 11.5. The van der Waals surface area contributed by atoms with Crippen molar-refractivity contribution in [2.45, 2.75) is 12.3 Å². The fourth-order valence-electron chi connectivity index (χ4n) is 1.33. The first-order valence-corrected chi connectivity index (χ1v) is 5.08. The molecule has 0 saturated carbocycles. The molecule has 2 nitrogen and oxygen atoms in total. The van der Waals surface area contributed by atoms with Crippen molar-refractivity contribution in [3.05, 3.63) is 28.8 Å². The minimum absolute atomic E-state index is 0.0251. The zero-order chi connectivity index (χ0) is 11.8. The van der Waals surface area contributed by atoms with Crippen molar-refractivity contribution in [1.82, 2.24) is 5.32 Å². The highest BCUT2D eigenvalue weighted by atomic mass is 35.5. The molecule has 1 aromatic rings. The average Bonchev–Trinajstić information content (AvgIpc) is 2.09. The van der Waals surface area contributed by atoms with E-state index < -0.39 is 11.7 Å². The standard InChI is InChI=1S/C10H9ClF3NO/c11-7-1-6(10(12,13)14)2-8(3-7)16-9-4-15-5-9/h1-3,9,15H,4-5H2. The Balaban J connectivity index is 2.21. The van der Waals surface area contributed by atoms with E-state index in [0.29, 0.717) is 13.1 Å². The molecule has 0 unspecified atom stereocenters. The maximum absolute atomic E-state index is 12.5. The lowest BCUT2D eigenvalue weighted by Crippen LogP contribution is -2.50. The number of ether oxygens (including phenoxy) is 1. The van der Waals surface area contributed by atoms with Crippen LogP contribution in [-0.2, 0) is 6.18 Å². The SMILES string of the molecule is FC(F)(F)c1cc(Cl)cc(OC2CNC2)c1. The quantitative estimate of drug-likeness (QED) is 0.873. The van der Waals surface area contributed by atoms with E-state index in [0.717, 1.165) is 12.1 Å². The third-order valence-electron chi connectivity index (χ3n) is 2.25. The zero-order valence-electron chi connectivity index (χ0n) is 8.14. The largest absolute Gasteiger partial charge is 0.488 e. The van der Waals surface area contributed by atoms with Gasteiger partial charge in [0.05, 0.1) is 5.56 Å². The lowest BCUT2D eigenvalue weighted by molar-refractivity contribution is -0.137. The van der Waals surface area contributed by atoms with E-state index in [1.165, 1.54) is 6.07 Å². The number of hydrogen-bond donors (Lipinski definition) is 1. The predicted molar refractivity (Wildman–Crippen MR) is 53.7 cm³/mol. The van der Waals surface area contributed by atoms with Gasteiger partial charge in [-0.1, -0.05) is 11.6 Å². The van der Waals surface area contributed by atoms with Gasteiger partial charge in [0.2, 0.25) is 0 Å². The maximum Gasteiger partial charge on any atom is 0.416 e. The first-order chi connectivity index (χ1) is 7.45. The molecule has 16 heavy (non-hydrogen) atoms. The first-order valence-electron chi connectivity index (χ1n) is 4.70. The van der Waals surface area contributed by atoms with Crippen molar-refractivity contribution in [3.63, 3.8) is 0 Å². The van der Waals surface area contributed by atoms with Crippen molar-refractivity contribution < 1.29 is 17.9 Å².